The third-order valence-electron chi connectivity index (χ3n) is 4.57. The van der Waals surface area contributed by atoms with Gasteiger partial charge in [-0.3, -0.25) is 4.79 Å². The number of aryl methyl sites for hydroxylation is 2. The molecule has 31 heavy (non-hydrogen) atoms. The van der Waals surface area contributed by atoms with E-state index in [0.717, 1.165) is 16.7 Å². The monoisotopic (exact) mass is 434 g/mol. The Kier molecular flexibility index (Phi) is 7.07. The fraction of sp³-hybridized carbons (Fsp3) is 0.120. The number of hydrogen-bond acceptors (Lipinski definition) is 3. The van der Waals surface area contributed by atoms with E-state index in [1.54, 1.807) is 30.3 Å². The summed E-state index contributed by atoms with van der Waals surface area (Å²) in [4.78, 5) is 12.5. The largest absolute Gasteiger partial charge is 0.487 e. The standard InChI is InChI=1S/C25H20ClFN2O2/c1-16-3-9-23(17(2)11-16)29-25(30)20(14-28)12-19-6-10-24(22(26)13-19)31-15-18-4-7-21(27)8-5-18/h3-13H,15H2,1-2H3,(H,29,30)/b20-12+. The smallest absolute Gasteiger partial charge is 0.266 e. The van der Waals surface area contributed by atoms with Crippen molar-refractivity contribution >= 4 is 29.3 Å². The zero-order valence-corrected chi connectivity index (χ0v) is 17.8. The maximum Gasteiger partial charge on any atom is 0.266 e. The molecule has 0 aliphatic carbocycles. The molecule has 0 atom stereocenters. The van der Waals surface area contributed by atoms with Crippen molar-refractivity contribution in [2.75, 3.05) is 5.32 Å². The highest BCUT2D eigenvalue weighted by Crippen LogP contribution is 2.27. The van der Waals surface area contributed by atoms with E-state index in [0.29, 0.717) is 22.0 Å². The molecule has 0 saturated carbocycles. The number of carbonyl (C=O) groups is 1. The van der Waals surface area contributed by atoms with Gasteiger partial charge >= 0.3 is 0 Å². The molecule has 0 unspecified atom stereocenters. The molecule has 0 aliphatic heterocycles. The molecule has 0 bridgehead atoms. The van der Waals surface area contributed by atoms with Crippen LogP contribution in [0.2, 0.25) is 5.02 Å². The second kappa shape index (κ2) is 9.92. The van der Waals surface area contributed by atoms with Gasteiger partial charge in [0, 0.05) is 5.69 Å². The molecular weight excluding hydrogens is 415 g/mol. The summed E-state index contributed by atoms with van der Waals surface area (Å²) in [6, 6.07) is 18.6. The first-order valence-electron chi connectivity index (χ1n) is 9.53. The summed E-state index contributed by atoms with van der Waals surface area (Å²) in [6.45, 7) is 4.09. The molecule has 3 rings (SSSR count). The zero-order valence-electron chi connectivity index (χ0n) is 17.1. The summed E-state index contributed by atoms with van der Waals surface area (Å²) < 4.78 is 18.7. The third-order valence-corrected chi connectivity index (χ3v) is 4.87. The van der Waals surface area contributed by atoms with Crippen LogP contribution in [0.4, 0.5) is 10.1 Å². The first-order chi connectivity index (χ1) is 14.9. The second-order valence-electron chi connectivity index (χ2n) is 7.05. The predicted octanol–water partition coefficient (Wildman–Crippen LogP) is 6.22. The SMILES string of the molecule is Cc1ccc(NC(=O)/C(C#N)=C/c2ccc(OCc3ccc(F)cc3)c(Cl)c2)c(C)c1. The maximum absolute atomic E-state index is 13.0. The number of benzene rings is 3. The van der Waals surface area contributed by atoms with Crippen molar-refractivity contribution in [3.05, 3.63) is 99.3 Å². The number of carbonyl (C=O) groups excluding carboxylic acids is 1. The van der Waals surface area contributed by atoms with Crippen LogP contribution in [0, 0.1) is 31.0 Å². The normalized spacial score (nSPS) is 11.0. The van der Waals surface area contributed by atoms with Crippen molar-refractivity contribution in [3.63, 3.8) is 0 Å². The molecule has 6 heteroatoms. The van der Waals surface area contributed by atoms with Gasteiger partial charge in [0.2, 0.25) is 0 Å². The lowest BCUT2D eigenvalue weighted by molar-refractivity contribution is -0.112. The van der Waals surface area contributed by atoms with Crippen molar-refractivity contribution in [2.45, 2.75) is 20.5 Å². The molecule has 0 aliphatic rings. The van der Waals surface area contributed by atoms with E-state index in [9.17, 15) is 14.4 Å². The van der Waals surface area contributed by atoms with Gasteiger partial charge in [-0.2, -0.15) is 5.26 Å². The van der Waals surface area contributed by atoms with Crippen molar-refractivity contribution < 1.29 is 13.9 Å². The first kappa shape index (κ1) is 22.1. The summed E-state index contributed by atoms with van der Waals surface area (Å²) in [5.41, 5.74) is 4.00. The van der Waals surface area contributed by atoms with Crippen LogP contribution in [-0.2, 0) is 11.4 Å². The molecule has 0 spiro atoms. The number of nitrogens with zero attached hydrogens (tertiary/aromatic N) is 1. The van der Waals surface area contributed by atoms with Gasteiger partial charge in [0.25, 0.3) is 5.91 Å². The van der Waals surface area contributed by atoms with Crippen LogP contribution in [0.1, 0.15) is 22.3 Å². The van der Waals surface area contributed by atoms with Crippen LogP contribution in [0.25, 0.3) is 6.08 Å². The fourth-order valence-electron chi connectivity index (χ4n) is 2.92. The van der Waals surface area contributed by atoms with E-state index in [-0.39, 0.29) is 18.0 Å². The molecule has 3 aromatic rings. The minimum atomic E-state index is -0.498. The van der Waals surface area contributed by atoms with Crippen LogP contribution in [0.5, 0.6) is 5.75 Å². The Hall–Kier alpha value is -3.62. The Bertz CT molecular complexity index is 1180. The molecule has 1 amide bonds. The quantitative estimate of drug-likeness (QED) is 0.370. The van der Waals surface area contributed by atoms with Gasteiger partial charge in [-0.25, -0.2) is 4.39 Å². The molecule has 1 N–H and O–H groups in total. The molecule has 0 fully saturated rings. The number of amides is 1. The van der Waals surface area contributed by atoms with Gasteiger partial charge in [0.05, 0.1) is 5.02 Å². The summed E-state index contributed by atoms with van der Waals surface area (Å²) in [7, 11) is 0. The fourth-order valence-corrected chi connectivity index (χ4v) is 3.17. The minimum Gasteiger partial charge on any atom is -0.487 e. The second-order valence-corrected chi connectivity index (χ2v) is 7.45. The molecule has 3 aromatic carbocycles. The molecule has 0 radical (unpaired) electrons. The van der Waals surface area contributed by atoms with Crippen molar-refractivity contribution in [2.24, 2.45) is 0 Å². The van der Waals surface area contributed by atoms with Crippen LogP contribution in [0.15, 0.2) is 66.2 Å². The topological polar surface area (TPSA) is 62.1 Å². The summed E-state index contributed by atoms with van der Waals surface area (Å²) in [5, 5.41) is 12.5. The number of anilines is 1. The number of nitriles is 1. The Morgan fingerprint density at radius 2 is 1.87 bits per heavy atom. The zero-order chi connectivity index (χ0) is 22.4. The van der Waals surface area contributed by atoms with Gasteiger partial charge in [-0.1, -0.05) is 47.5 Å². The third kappa shape index (κ3) is 5.94. The summed E-state index contributed by atoms with van der Waals surface area (Å²) in [5.74, 6) is -0.364. The Labute approximate surface area is 185 Å². The highest BCUT2D eigenvalue weighted by molar-refractivity contribution is 6.32. The Morgan fingerprint density at radius 1 is 1.13 bits per heavy atom. The highest BCUT2D eigenvalue weighted by atomic mass is 35.5. The van der Waals surface area contributed by atoms with E-state index >= 15 is 0 Å². The summed E-state index contributed by atoms with van der Waals surface area (Å²) in [6.07, 6.45) is 1.47. The van der Waals surface area contributed by atoms with Gasteiger partial charge in [-0.15, -0.1) is 0 Å². The average Bonchev–Trinajstić information content (AvgIpc) is 2.74. The van der Waals surface area contributed by atoms with Gasteiger partial charge in [0.15, 0.2) is 0 Å². The van der Waals surface area contributed by atoms with Crippen molar-refractivity contribution in [3.8, 4) is 11.8 Å². The lowest BCUT2D eigenvalue weighted by Crippen LogP contribution is -2.14. The van der Waals surface area contributed by atoms with Gasteiger partial charge in [-0.05, 0) is 66.9 Å². The Morgan fingerprint density at radius 3 is 2.52 bits per heavy atom. The van der Waals surface area contributed by atoms with E-state index < -0.39 is 5.91 Å². The molecule has 0 aromatic heterocycles. The minimum absolute atomic E-state index is 0.0453. The van der Waals surface area contributed by atoms with E-state index in [1.807, 2.05) is 38.1 Å². The highest BCUT2D eigenvalue weighted by Gasteiger charge is 2.12. The molecule has 4 nitrogen and oxygen atoms in total. The van der Waals surface area contributed by atoms with Gasteiger partial charge < -0.3 is 10.1 Å². The number of ether oxygens (including phenoxy) is 1. The Balaban J connectivity index is 1.71. The van der Waals surface area contributed by atoms with Crippen LogP contribution >= 0.6 is 11.6 Å². The number of rotatable bonds is 6. The maximum atomic E-state index is 13.0. The lowest BCUT2D eigenvalue weighted by atomic mass is 10.1. The van der Waals surface area contributed by atoms with Crippen LogP contribution in [0.3, 0.4) is 0 Å². The van der Waals surface area contributed by atoms with E-state index in [2.05, 4.69) is 5.32 Å². The number of hydrogen-bond donors (Lipinski definition) is 1. The lowest BCUT2D eigenvalue weighted by Gasteiger charge is -2.10. The van der Waals surface area contributed by atoms with E-state index in [4.69, 9.17) is 16.3 Å². The van der Waals surface area contributed by atoms with Crippen molar-refractivity contribution in [1.29, 1.82) is 5.26 Å². The van der Waals surface area contributed by atoms with Crippen LogP contribution < -0.4 is 10.1 Å². The number of nitrogens with one attached hydrogen (secondary N) is 1. The van der Waals surface area contributed by atoms with E-state index in [1.165, 1.54) is 18.2 Å². The average molecular weight is 435 g/mol. The van der Waals surface area contributed by atoms with Crippen LogP contribution in [-0.4, -0.2) is 5.91 Å². The molecule has 156 valence electrons. The van der Waals surface area contributed by atoms with Crippen molar-refractivity contribution in [1.82, 2.24) is 0 Å². The molecular formula is C25H20ClFN2O2. The first-order valence-corrected chi connectivity index (χ1v) is 9.90. The van der Waals surface area contributed by atoms with Gasteiger partial charge in [0.1, 0.15) is 29.8 Å². The number of halogens is 2. The molecule has 0 heterocycles. The predicted molar refractivity (Wildman–Crippen MR) is 120 cm³/mol. The molecule has 0 saturated heterocycles. The summed E-state index contributed by atoms with van der Waals surface area (Å²) >= 11 is 6.29.